The Morgan fingerprint density at radius 3 is 1.32 bits per heavy atom. The topological polar surface area (TPSA) is 26.3 Å². The molecule has 2 aromatic heterocycles. The summed E-state index contributed by atoms with van der Waals surface area (Å²) in [4.78, 5) is 0. The second-order valence-electron chi connectivity index (χ2n) is 17.5. The van der Waals surface area contributed by atoms with Crippen LogP contribution in [0.3, 0.4) is 0 Å². The second-order valence-corrected chi connectivity index (χ2v) is 60.0. The van der Waals surface area contributed by atoms with Crippen LogP contribution in [-0.2, 0) is 41.2 Å². The number of furan rings is 2. The fourth-order valence-electron chi connectivity index (χ4n) is 10.9. The van der Waals surface area contributed by atoms with E-state index in [0.717, 1.165) is 59.9 Å². The van der Waals surface area contributed by atoms with E-state index in [1.807, 2.05) is 13.8 Å². The normalized spacial score (nSPS) is 19.1. The van der Waals surface area contributed by atoms with Gasteiger partial charge >= 0.3 is 343 Å². The van der Waals surface area contributed by atoms with E-state index in [-0.39, 0.29) is 7.25 Å². The van der Waals surface area contributed by atoms with Gasteiger partial charge in [-0.1, -0.05) is 0 Å². The molecule has 4 aliphatic carbocycles. The first-order valence-corrected chi connectivity index (χ1v) is 36.9. The molecule has 0 saturated carbocycles. The van der Waals surface area contributed by atoms with Gasteiger partial charge in [0, 0.05) is 0 Å². The first kappa shape index (κ1) is 36.9. The Kier molecular flexibility index (Phi) is 8.78. The SMILES string of the molecule is Cc1ccc(-c2c3c(cc4c2CCC4)[CH]([Zr]([Cl])([Cl])([CH]2C(c4ccc(C)o4)=Cc4c2cc2c(c4-c4ccc(C)cc4)CCC2)[SiH](C)C)C(c2ccc(C)o2)=C3)cc1. The molecule has 4 aromatic carbocycles. The first-order valence-electron chi connectivity index (χ1n) is 20.6. The van der Waals surface area contributed by atoms with Gasteiger partial charge in [0.25, 0.3) is 0 Å². The number of hydrogen-bond acceptors (Lipinski definition) is 2. The fourth-order valence-corrected chi connectivity index (χ4v) is 40.8. The molecule has 2 atom stereocenters. The molecular formula is C50H49Cl2O2SiZr. The molecule has 0 saturated heterocycles. The van der Waals surface area contributed by atoms with Gasteiger partial charge in [-0.3, -0.25) is 0 Å². The molecule has 10 rings (SSSR count). The van der Waals surface area contributed by atoms with Crippen LogP contribution in [0.15, 0.2) is 93.8 Å². The van der Waals surface area contributed by atoms with Crippen molar-refractivity contribution in [3.05, 3.63) is 164 Å². The number of hydrogen-bond donors (Lipinski definition) is 0. The van der Waals surface area contributed by atoms with Gasteiger partial charge in [-0.2, -0.15) is 0 Å². The molecule has 0 aliphatic heterocycles. The van der Waals surface area contributed by atoms with Crippen molar-refractivity contribution < 1.29 is 24.4 Å². The molecule has 56 heavy (non-hydrogen) atoms. The van der Waals surface area contributed by atoms with Crippen molar-refractivity contribution in [2.75, 3.05) is 0 Å². The van der Waals surface area contributed by atoms with E-state index in [1.165, 1.54) is 90.7 Å². The molecule has 6 heteroatoms. The summed E-state index contributed by atoms with van der Waals surface area (Å²) in [6, 6.07) is 31.8. The number of rotatable bonds is 7. The maximum atomic E-state index is 9.11. The Hall–Kier alpha value is -3.40. The van der Waals surface area contributed by atoms with E-state index in [2.05, 4.69) is 124 Å². The predicted molar refractivity (Wildman–Crippen MR) is 236 cm³/mol. The van der Waals surface area contributed by atoms with Gasteiger partial charge in [0.2, 0.25) is 0 Å². The second kappa shape index (κ2) is 13.3. The number of halogens is 2. The maximum absolute atomic E-state index is 9.11. The van der Waals surface area contributed by atoms with Crippen LogP contribution in [0.2, 0.25) is 13.1 Å². The Balaban J connectivity index is 1.29. The zero-order chi connectivity index (χ0) is 38.7. The van der Waals surface area contributed by atoms with Crippen molar-refractivity contribution >= 4 is 46.2 Å². The van der Waals surface area contributed by atoms with E-state index in [9.17, 15) is 0 Å². The first-order chi connectivity index (χ1) is 26.9. The Labute approximate surface area is 340 Å². The van der Waals surface area contributed by atoms with Gasteiger partial charge in [-0.25, -0.2) is 0 Å². The monoisotopic (exact) mass is 869 g/mol. The van der Waals surface area contributed by atoms with E-state index in [0.29, 0.717) is 0 Å². The molecule has 0 radical (unpaired) electrons. The van der Waals surface area contributed by atoms with Crippen molar-refractivity contribution in [1.82, 2.24) is 0 Å². The summed E-state index contributed by atoms with van der Waals surface area (Å²) in [7, 11) is 18.2. The minimum absolute atomic E-state index is 0.159. The molecule has 2 heterocycles. The van der Waals surface area contributed by atoms with Crippen LogP contribution < -0.4 is 0 Å². The quantitative estimate of drug-likeness (QED) is 0.149. The van der Waals surface area contributed by atoms with Crippen molar-refractivity contribution in [2.24, 2.45) is 0 Å². The van der Waals surface area contributed by atoms with Gasteiger partial charge in [0.15, 0.2) is 0 Å². The molecular weight excluding hydrogens is 823 g/mol. The van der Waals surface area contributed by atoms with Crippen LogP contribution in [0.25, 0.3) is 45.6 Å². The zero-order valence-corrected chi connectivity index (χ0v) is 38.4. The molecule has 2 nitrogen and oxygen atoms in total. The van der Waals surface area contributed by atoms with Crippen LogP contribution in [0.4, 0.5) is 0 Å². The van der Waals surface area contributed by atoms with Crippen LogP contribution in [0, 0.1) is 27.7 Å². The minimum atomic E-state index is -5.35. The molecule has 0 spiro atoms. The average molecular weight is 872 g/mol. The predicted octanol–water partition coefficient (Wildman–Crippen LogP) is 14.3. The third kappa shape index (κ3) is 5.49. The number of benzene rings is 4. The molecule has 2 unspecified atom stereocenters. The van der Waals surface area contributed by atoms with E-state index in [1.54, 1.807) is 0 Å². The zero-order valence-electron chi connectivity index (χ0n) is 33.3. The molecule has 0 bridgehead atoms. The van der Waals surface area contributed by atoms with Crippen LogP contribution in [-0.4, -0.2) is 5.92 Å². The van der Waals surface area contributed by atoms with Gasteiger partial charge in [-0.15, -0.1) is 0 Å². The van der Waals surface area contributed by atoms with Gasteiger partial charge < -0.3 is 0 Å². The molecule has 0 N–H and O–H groups in total. The number of allylic oxidation sites excluding steroid dienone is 2. The fraction of sp³-hybridized carbons (Fsp3) is 0.280. The summed E-state index contributed by atoms with van der Waals surface area (Å²) < 4.78 is 13.0. The van der Waals surface area contributed by atoms with E-state index < -0.39 is 21.5 Å². The van der Waals surface area contributed by atoms with E-state index in [4.69, 9.17) is 25.9 Å². The van der Waals surface area contributed by atoms with Gasteiger partial charge in [-0.05, 0) is 0 Å². The average Bonchev–Trinajstić information content (AvgIpc) is 4.03. The summed E-state index contributed by atoms with van der Waals surface area (Å²) in [6.45, 7) is 13.3. The Morgan fingerprint density at radius 2 is 0.964 bits per heavy atom. The van der Waals surface area contributed by atoms with Crippen LogP contribution in [0.1, 0.15) is 98.8 Å². The number of fused-ring (bicyclic) bond motifs is 4. The van der Waals surface area contributed by atoms with E-state index >= 15 is 0 Å². The van der Waals surface area contributed by atoms with Crippen LogP contribution in [0.5, 0.6) is 0 Å². The summed E-state index contributed by atoms with van der Waals surface area (Å²) in [5.74, 6) is 1.67. The van der Waals surface area contributed by atoms with Crippen molar-refractivity contribution in [2.45, 2.75) is 86.6 Å². The molecule has 0 fully saturated rings. The summed E-state index contributed by atoms with van der Waals surface area (Å²) >= 11 is -5.35. The summed E-state index contributed by atoms with van der Waals surface area (Å²) in [5, 5.41) is 0. The molecule has 6 aromatic rings. The van der Waals surface area contributed by atoms with Crippen LogP contribution >= 0.6 is 17.0 Å². The number of aryl methyl sites for hydroxylation is 6. The summed E-state index contributed by atoms with van der Waals surface area (Å²) in [5.41, 5.74) is 21.2. The molecule has 0 amide bonds. The third-order valence-corrected chi connectivity index (χ3v) is 65.3. The van der Waals surface area contributed by atoms with Crippen molar-refractivity contribution in [1.29, 1.82) is 0 Å². The van der Waals surface area contributed by atoms with Gasteiger partial charge in [0.1, 0.15) is 0 Å². The Morgan fingerprint density at radius 1 is 0.554 bits per heavy atom. The Bertz CT molecular complexity index is 2480. The standard InChI is InChI=1S/2C24H21O.C2H7Si.2ClH.Zr/c2*1-15-6-9-17(10-7-15)24-21-5-3-4-18(21)12-19-13-20(14-22(19)24)23-11-8-16(2)25-23;1-3-2;;;/h2*6-14H,3-5H2,1-2H3;3H,1-2H3;2*1H;/q;;;;;+2/p-2. The van der Waals surface area contributed by atoms with Crippen molar-refractivity contribution in [3.8, 4) is 22.3 Å². The van der Waals surface area contributed by atoms with Gasteiger partial charge in [0.05, 0.1) is 0 Å². The van der Waals surface area contributed by atoms with Crippen molar-refractivity contribution in [3.63, 3.8) is 0 Å². The summed E-state index contributed by atoms with van der Waals surface area (Å²) in [6.07, 6.45) is 11.5. The third-order valence-electron chi connectivity index (χ3n) is 13.7. The molecule has 4 aliphatic rings. The molecule has 283 valence electrons.